The van der Waals surface area contributed by atoms with E-state index in [2.05, 4.69) is 10.6 Å². The monoisotopic (exact) mass is 345 g/mol. The van der Waals surface area contributed by atoms with E-state index in [1.165, 1.54) is 12.1 Å². The number of anilines is 1. The van der Waals surface area contributed by atoms with Gasteiger partial charge in [0.15, 0.2) is 0 Å². The summed E-state index contributed by atoms with van der Waals surface area (Å²) in [4.78, 5) is 25.5. The van der Waals surface area contributed by atoms with Gasteiger partial charge in [0.05, 0.1) is 18.2 Å². The van der Waals surface area contributed by atoms with Crippen molar-refractivity contribution in [1.29, 1.82) is 0 Å². The summed E-state index contributed by atoms with van der Waals surface area (Å²) in [5.41, 5.74) is -0.765. The third-order valence-corrected chi connectivity index (χ3v) is 3.51. The van der Waals surface area contributed by atoms with Gasteiger partial charge in [-0.3, -0.25) is 14.5 Å². The van der Waals surface area contributed by atoms with Crippen molar-refractivity contribution in [2.45, 2.75) is 33.0 Å². The first kappa shape index (κ1) is 20.0. The number of amides is 2. The van der Waals surface area contributed by atoms with Crippen molar-refractivity contribution in [3.63, 3.8) is 0 Å². The fourth-order valence-corrected chi connectivity index (χ4v) is 2.15. The topological polar surface area (TPSA) is 61.4 Å². The third kappa shape index (κ3) is 5.84. The molecule has 0 aromatic heterocycles. The van der Waals surface area contributed by atoms with Crippen LogP contribution in [0.25, 0.3) is 0 Å². The summed E-state index contributed by atoms with van der Waals surface area (Å²) in [6.45, 7) is 6.17. The van der Waals surface area contributed by atoms with Gasteiger partial charge in [-0.05, 0) is 38.6 Å². The maximum absolute atomic E-state index is 12.7. The predicted molar refractivity (Wildman–Crippen MR) is 85.5 cm³/mol. The number of carbonyl (C=O) groups excluding carboxylic acids is 2. The molecule has 0 aliphatic carbocycles. The lowest BCUT2D eigenvalue weighted by molar-refractivity contribution is -0.137. The summed E-state index contributed by atoms with van der Waals surface area (Å²) < 4.78 is 38.1. The summed E-state index contributed by atoms with van der Waals surface area (Å²) in [6, 6.07) is 3.78. The first-order valence-corrected chi connectivity index (χ1v) is 7.67. The summed E-state index contributed by atoms with van der Waals surface area (Å²) in [6.07, 6.45) is -4.47. The molecule has 0 bridgehead atoms. The molecule has 5 nitrogen and oxygen atoms in total. The lowest BCUT2D eigenvalue weighted by atomic mass is 10.2. The molecule has 0 heterocycles. The molecular formula is C16H22F3N3O2. The molecule has 0 spiro atoms. The molecule has 0 radical (unpaired) electrons. The molecule has 2 amide bonds. The molecule has 0 fully saturated rings. The number of nitrogens with one attached hydrogen (secondary N) is 2. The number of halogens is 3. The molecule has 1 rings (SSSR count). The number of likely N-dealkylation sites (N-methyl/N-ethyl adjacent to an activating group) is 2. The highest BCUT2D eigenvalue weighted by molar-refractivity contribution is 5.95. The Morgan fingerprint density at radius 3 is 2.46 bits per heavy atom. The van der Waals surface area contributed by atoms with Crippen LogP contribution in [-0.4, -0.2) is 42.4 Å². The van der Waals surface area contributed by atoms with E-state index in [0.29, 0.717) is 13.1 Å². The van der Waals surface area contributed by atoms with E-state index in [-0.39, 0.29) is 18.1 Å². The average Bonchev–Trinajstić information content (AvgIpc) is 2.51. The van der Waals surface area contributed by atoms with Crippen molar-refractivity contribution in [2.24, 2.45) is 0 Å². The fourth-order valence-electron chi connectivity index (χ4n) is 2.15. The number of carbonyl (C=O) groups is 2. The Morgan fingerprint density at radius 2 is 1.92 bits per heavy atom. The minimum Gasteiger partial charge on any atom is -0.355 e. The first-order chi connectivity index (χ1) is 11.2. The zero-order chi connectivity index (χ0) is 18.3. The number of hydrogen-bond donors (Lipinski definition) is 2. The maximum Gasteiger partial charge on any atom is 0.416 e. The SMILES string of the molecule is CCNC(=O)CN(CC)[C@@H](C)C(=O)Nc1cccc(C(F)(F)F)c1. The van der Waals surface area contributed by atoms with Gasteiger partial charge in [-0.25, -0.2) is 0 Å². The number of benzene rings is 1. The highest BCUT2D eigenvalue weighted by Crippen LogP contribution is 2.30. The number of rotatable bonds is 7. The van der Waals surface area contributed by atoms with Crippen LogP contribution in [0.5, 0.6) is 0 Å². The Hall–Kier alpha value is -2.09. The van der Waals surface area contributed by atoms with E-state index in [4.69, 9.17) is 0 Å². The van der Waals surface area contributed by atoms with Crippen LogP contribution in [0.4, 0.5) is 18.9 Å². The molecule has 1 aromatic rings. The standard InChI is InChI=1S/C16H22F3N3O2/c1-4-20-14(23)10-22(5-2)11(3)15(24)21-13-8-6-7-12(9-13)16(17,18)19/h6-9,11H,4-5,10H2,1-3H3,(H,20,23)(H,21,24)/t11-/m0/s1. The molecule has 0 aliphatic rings. The van der Waals surface area contributed by atoms with Gasteiger partial charge < -0.3 is 10.6 Å². The predicted octanol–water partition coefficient (Wildman–Crippen LogP) is 2.49. The first-order valence-electron chi connectivity index (χ1n) is 7.67. The van der Waals surface area contributed by atoms with Crippen LogP contribution in [-0.2, 0) is 15.8 Å². The van der Waals surface area contributed by atoms with E-state index in [9.17, 15) is 22.8 Å². The smallest absolute Gasteiger partial charge is 0.355 e. The van der Waals surface area contributed by atoms with Crippen LogP contribution in [0.2, 0.25) is 0 Å². The van der Waals surface area contributed by atoms with Crippen molar-refractivity contribution in [1.82, 2.24) is 10.2 Å². The maximum atomic E-state index is 12.7. The molecule has 2 N–H and O–H groups in total. The summed E-state index contributed by atoms with van der Waals surface area (Å²) in [5, 5.41) is 5.10. The Balaban J connectivity index is 2.77. The van der Waals surface area contributed by atoms with E-state index >= 15 is 0 Å². The zero-order valence-electron chi connectivity index (χ0n) is 13.9. The molecule has 0 unspecified atom stereocenters. The Morgan fingerprint density at radius 1 is 1.25 bits per heavy atom. The molecule has 24 heavy (non-hydrogen) atoms. The molecule has 1 atom stereocenters. The van der Waals surface area contributed by atoms with E-state index < -0.39 is 23.7 Å². The van der Waals surface area contributed by atoms with Crippen molar-refractivity contribution >= 4 is 17.5 Å². The Labute approximate surface area is 139 Å². The average molecular weight is 345 g/mol. The van der Waals surface area contributed by atoms with Crippen molar-refractivity contribution in [2.75, 3.05) is 25.0 Å². The molecule has 0 aliphatic heterocycles. The van der Waals surface area contributed by atoms with Crippen molar-refractivity contribution < 1.29 is 22.8 Å². The third-order valence-electron chi connectivity index (χ3n) is 3.51. The van der Waals surface area contributed by atoms with Crippen LogP contribution >= 0.6 is 0 Å². The van der Waals surface area contributed by atoms with Gasteiger partial charge in [0.2, 0.25) is 11.8 Å². The number of alkyl halides is 3. The van der Waals surface area contributed by atoms with Crippen LogP contribution in [0.1, 0.15) is 26.3 Å². The summed E-state index contributed by atoms with van der Waals surface area (Å²) >= 11 is 0. The minimum atomic E-state index is -4.47. The van der Waals surface area contributed by atoms with Crippen molar-refractivity contribution in [3.8, 4) is 0 Å². The lowest BCUT2D eigenvalue weighted by Crippen LogP contribution is -2.46. The number of hydrogen-bond acceptors (Lipinski definition) is 3. The van der Waals surface area contributed by atoms with Gasteiger partial charge in [0.25, 0.3) is 0 Å². The van der Waals surface area contributed by atoms with Crippen LogP contribution in [0, 0.1) is 0 Å². The van der Waals surface area contributed by atoms with Crippen LogP contribution < -0.4 is 10.6 Å². The van der Waals surface area contributed by atoms with E-state index in [1.807, 2.05) is 0 Å². The second kappa shape index (κ2) is 8.68. The van der Waals surface area contributed by atoms with Crippen molar-refractivity contribution in [3.05, 3.63) is 29.8 Å². The molecular weight excluding hydrogens is 323 g/mol. The molecule has 0 saturated heterocycles. The molecule has 8 heteroatoms. The number of nitrogens with zero attached hydrogens (tertiary/aromatic N) is 1. The summed E-state index contributed by atoms with van der Waals surface area (Å²) in [7, 11) is 0. The van der Waals surface area contributed by atoms with Crippen LogP contribution in [0.3, 0.4) is 0 Å². The van der Waals surface area contributed by atoms with Gasteiger partial charge in [-0.15, -0.1) is 0 Å². The largest absolute Gasteiger partial charge is 0.416 e. The fraction of sp³-hybridized carbons (Fsp3) is 0.500. The lowest BCUT2D eigenvalue weighted by Gasteiger charge is -2.26. The molecule has 134 valence electrons. The highest BCUT2D eigenvalue weighted by atomic mass is 19.4. The minimum absolute atomic E-state index is 0.0432. The quantitative estimate of drug-likeness (QED) is 0.798. The van der Waals surface area contributed by atoms with Gasteiger partial charge in [-0.2, -0.15) is 13.2 Å². The van der Waals surface area contributed by atoms with E-state index in [1.54, 1.807) is 25.7 Å². The van der Waals surface area contributed by atoms with Gasteiger partial charge >= 0.3 is 6.18 Å². The van der Waals surface area contributed by atoms with Crippen LogP contribution in [0.15, 0.2) is 24.3 Å². The second-order valence-electron chi connectivity index (χ2n) is 5.26. The Kier molecular flexibility index (Phi) is 7.21. The van der Waals surface area contributed by atoms with Gasteiger partial charge in [0, 0.05) is 12.2 Å². The molecule has 1 aromatic carbocycles. The zero-order valence-corrected chi connectivity index (χ0v) is 13.9. The Bertz CT molecular complexity index is 576. The second-order valence-corrected chi connectivity index (χ2v) is 5.26. The van der Waals surface area contributed by atoms with Gasteiger partial charge in [0.1, 0.15) is 0 Å². The van der Waals surface area contributed by atoms with E-state index in [0.717, 1.165) is 12.1 Å². The summed E-state index contributed by atoms with van der Waals surface area (Å²) in [5.74, 6) is -0.682. The molecule has 0 saturated carbocycles. The van der Waals surface area contributed by atoms with Gasteiger partial charge in [-0.1, -0.05) is 13.0 Å². The highest BCUT2D eigenvalue weighted by Gasteiger charge is 2.30. The normalized spacial score (nSPS) is 12.8.